The molecule has 190 valence electrons. The molecule has 0 aliphatic carbocycles. The largest absolute Gasteiger partial charge is 0.351 e. The minimum Gasteiger partial charge on any atom is -0.351 e. The van der Waals surface area contributed by atoms with Crippen molar-refractivity contribution < 1.29 is 13.6 Å². The fourth-order valence-corrected chi connectivity index (χ4v) is 4.10. The van der Waals surface area contributed by atoms with Crippen molar-refractivity contribution in [3.8, 4) is 11.3 Å². The average Bonchev–Trinajstić information content (AvgIpc) is 2.93. The Bertz CT molecular complexity index is 1330. The summed E-state index contributed by atoms with van der Waals surface area (Å²) in [6, 6.07) is 23.6. The molecular formula is C30H30F2N4O. The minimum absolute atomic E-state index is 0.0399. The zero-order valence-electron chi connectivity index (χ0n) is 21.2. The molecule has 0 aliphatic heterocycles. The SMILES string of the molecule is CCC(F)(F)c1ccc(CC(=O)Nc2ccc(-c3nccnc3N(C)[C@H](C)c3ccccc3)cc2)cc1. The first-order valence-electron chi connectivity index (χ1n) is 12.2. The monoisotopic (exact) mass is 500 g/mol. The van der Waals surface area contributed by atoms with Crippen molar-refractivity contribution in [1.29, 1.82) is 0 Å². The Morgan fingerprint density at radius 3 is 2.24 bits per heavy atom. The van der Waals surface area contributed by atoms with Crippen molar-refractivity contribution in [1.82, 2.24) is 9.97 Å². The van der Waals surface area contributed by atoms with Crippen LogP contribution < -0.4 is 10.2 Å². The van der Waals surface area contributed by atoms with Crippen molar-refractivity contribution in [3.63, 3.8) is 0 Å². The smallest absolute Gasteiger partial charge is 0.273 e. The van der Waals surface area contributed by atoms with E-state index in [1.807, 2.05) is 49.5 Å². The van der Waals surface area contributed by atoms with Crippen LogP contribution in [0.5, 0.6) is 0 Å². The van der Waals surface area contributed by atoms with Crippen LogP contribution in [0.1, 0.15) is 43.0 Å². The van der Waals surface area contributed by atoms with E-state index in [1.54, 1.807) is 24.5 Å². The van der Waals surface area contributed by atoms with Gasteiger partial charge >= 0.3 is 0 Å². The molecule has 0 unspecified atom stereocenters. The lowest BCUT2D eigenvalue weighted by molar-refractivity contribution is -0.115. The van der Waals surface area contributed by atoms with Crippen molar-refractivity contribution in [2.24, 2.45) is 0 Å². The Hall–Kier alpha value is -4.13. The predicted molar refractivity (Wildman–Crippen MR) is 144 cm³/mol. The van der Waals surface area contributed by atoms with Gasteiger partial charge in [-0.05, 0) is 30.2 Å². The number of halogens is 2. The van der Waals surface area contributed by atoms with Gasteiger partial charge < -0.3 is 10.2 Å². The molecule has 4 rings (SSSR count). The summed E-state index contributed by atoms with van der Waals surface area (Å²) >= 11 is 0. The van der Waals surface area contributed by atoms with Crippen LogP contribution >= 0.6 is 0 Å². The number of alkyl halides is 2. The third-order valence-corrected chi connectivity index (χ3v) is 6.50. The lowest BCUT2D eigenvalue weighted by atomic mass is 10.0. The Morgan fingerprint density at radius 2 is 1.59 bits per heavy atom. The van der Waals surface area contributed by atoms with E-state index < -0.39 is 5.92 Å². The number of carbonyl (C=O) groups excluding carboxylic acids is 1. The average molecular weight is 501 g/mol. The van der Waals surface area contributed by atoms with Gasteiger partial charge in [-0.25, -0.2) is 13.8 Å². The first-order chi connectivity index (χ1) is 17.8. The highest BCUT2D eigenvalue weighted by Gasteiger charge is 2.28. The second kappa shape index (κ2) is 11.3. The number of carbonyl (C=O) groups is 1. The van der Waals surface area contributed by atoms with Gasteiger partial charge in [-0.2, -0.15) is 0 Å². The molecule has 1 atom stereocenters. The van der Waals surface area contributed by atoms with Gasteiger partial charge in [0.25, 0.3) is 5.92 Å². The number of hydrogen-bond donors (Lipinski definition) is 1. The number of anilines is 2. The maximum atomic E-state index is 13.8. The number of nitrogens with zero attached hydrogens (tertiary/aromatic N) is 3. The van der Waals surface area contributed by atoms with E-state index in [9.17, 15) is 13.6 Å². The fraction of sp³-hybridized carbons (Fsp3) is 0.233. The first kappa shape index (κ1) is 25.9. The van der Waals surface area contributed by atoms with E-state index in [1.165, 1.54) is 24.6 Å². The van der Waals surface area contributed by atoms with Gasteiger partial charge in [-0.1, -0.05) is 73.7 Å². The normalized spacial score (nSPS) is 12.1. The molecule has 0 aliphatic rings. The molecule has 1 amide bonds. The molecular weight excluding hydrogens is 470 g/mol. The molecule has 0 bridgehead atoms. The van der Waals surface area contributed by atoms with Gasteiger partial charge in [0.1, 0.15) is 5.69 Å². The molecule has 5 nitrogen and oxygen atoms in total. The molecule has 4 aromatic rings. The number of rotatable bonds is 9. The summed E-state index contributed by atoms with van der Waals surface area (Å²) in [7, 11) is 2.00. The van der Waals surface area contributed by atoms with E-state index in [2.05, 4.69) is 39.2 Å². The van der Waals surface area contributed by atoms with Crippen molar-refractivity contribution in [2.75, 3.05) is 17.3 Å². The molecule has 0 spiro atoms. The summed E-state index contributed by atoms with van der Waals surface area (Å²) in [4.78, 5) is 23.8. The van der Waals surface area contributed by atoms with Gasteiger partial charge in [0.05, 0.1) is 12.5 Å². The van der Waals surface area contributed by atoms with Gasteiger partial charge in [0, 0.05) is 42.7 Å². The second-order valence-electron chi connectivity index (χ2n) is 8.98. The highest BCUT2D eigenvalue weighted by Crippen LogP contribution is 2.32. The van der Waals surface area contributed by atoms with Crippen LogP contribution in [0.4, 0.5) is 20.3 Å². The number of aromatic nitrogens is 2. The zero-order valence-corrected chi connectivity index (χ0v) is 21.2. The Labute approximate surface area is 216 Å². The van der Waals surface area contributed by atoms with Crippen molar-refractivity contribution in [3.05, 3.63) is 108 Å². The topological polar surface area (TPSA) is 58.1 Å². The van der Waals surface area contributed by atoms with Crippen LogP contribution in [0.25, 0.3) is 11.3 Å². The van der Waals surface area contributed by atoms with E-state index in [0.717, 1.165) is 17.1 Å². The van der Waals surface area contributed by atoms with E-state index in [-0.39, 0.29) is 30.4 Å². The molecule has 7 heteroatoms. The third kappa shape index (κ3) is 6.17. The van der Waals surface area contributed by atoms with E-state index >= 15 is 0 Å². The van der Waals surface area contributed by atoms with Crippen LogP contribution in [0.3, 0.4) is 0 Å². The summed E-state index contributed by atoms with van der Waals surface area (Å²) in [6.07, 6.45) is 3.17. The number of hydrogen-bond acceptors (Lipinski definition) is 4. The van der Waals surface area contributed by atoms with E-state index in [0.29, 0.717) is 11.3 Å². The predicted octanol–water partition coefficient (Wildman–Crippen LogP) is 7.02. The molecule has 3 aromatic carbocycles. The number of amides is 1. The highest BCUT2D eigenvalue weighted by atomic mass is 19.3. The molecule has 0 saturated carbocycles. The minimum atomic E-state index is -2.86. The van der Waals surface area contributed by atoms with Crippen LogP contribution in [-0.4, -0.2) is 22.9 Å². The molecule has 0 fully saturated rings. The van der Waals surface area contributed by atoms with Crippen molar-refractivity contribution >= 4 is 17.4 Å². The van der Waals surface area contributed by atoms with Gasteiger partial charge in [0.15, 0.2) is 5.82 Å². The van der Waals surface area contributed by atoms with Crippen LogP contribution in [-0.2, 0) is 17.1 Å². The number of benzene rings is 3. The second-order valence-corrected chi connectivity index (χ2v) is 8.98. The van der Waals surface area contributed by atoms with Gasteiger partial charge in [-0.15, -0.1) is 0 Å². The Balaban J connectivity index is 1.44. The Kier molecular flexibility index (Phi) is 7.92. The standard InChI is InChI=1S/C30H30F2N4O/c1-4-30(31,32)25-14-10-22(11-15-25)20-27(37)35-26-16-12-24(13-17-26)28-29(34-19-18-33-28)36(3)21(2)23-8-6-5-7-9-23/h5-19,21H,4,20H2,1-3H3,(H,35,37)/t21-/m1/s1. The van der Waals surface area contributed by atoms with Crippen LogP contribution in [0.15, 0.2) is 91.3 Å². The molecule has 0 saturated heterocycles. The highest BCUT2D eigenvalue weighted by molar-refractivity contribution is 5.92. The quantitative estimate of drug-likeness (QED) is 0.268. The molecule has 1 N–H and O–H groups in total. The zero-order chi connectivity index (χ0) is 26.4. The van der Waals surface area contributed by atoms with E-state index in [4.69, 9.17) is 0 Å². The first-order valence-corrected chi connectivity index (χ1v) is 12.2. The fourth-order valence-electron chi connectivity index (χ4n) is 4.10. The van der Waals surface area contributed by atoms with Gasteiger partial charge in [0.2, 0.25) is 5.91 Å². The summed E-state index contributed by atoms with van der Waals surface area (Å²) in [5.41, 5.74) is 4.06. The lowest BCUT2D eigenvalue weighted by Crippen LogP contribution is -2.23. The summed E-state index contributed by atoms with van der Waals surface area (Å²) in [5.74, 6) is -2.33. The summed E-state index contributed by atoms with van der Waals surface area (Å²) in [6.45, 7) is 3.57. The molecule has 0 radical (unpaired) electrons. The van der Waals surface area contributed by atoms with Crippen LogP contribution in [0, 0.1) is 0 Å². The maximum absolute atomic E-state index is 13.8. The van der Waals surface area contributed by atoms with Gasteiger partial charge in [-0.3, -0.25) is 9.78 Å². The molecule has 1 heterocycles. The maximum Gasteiger partial charge on any atom is 0.273 e. The molecule has 1 aromatic heterocycles. The third-order valence-electron chi connectivity index (χ3n) is 6.50. The Morgan fingerprint density at radius 1 is 0.946 bits per heavy atom. The molecule has 37 heavy (non-hydrogen) atoms. The summed E-state index contributed by atoms with van der Waals surface area (Å²) < 4.78 is 27.6. The lowest BCUT2D eigenvalue weighted by Gasteiger charge is -2.27. The number of nitrogens with one attached hydrogen (secondary N) is 1. The summed E-state index contributed by atoms with van der Waals surface area (Å²) in [5, 5.41) is 2.87. The van der Waals surface area contributed by atoms with Crippen LogP contribution in [0.2, 0.25) is 0 Å². The van der Waals surface area contributed by atoms with Crippen molar-refractivity contribution in [2.45, 2.75) is 38.7 Å².